The lowest BCUT2D eigenvalue weighted by Gasteiger charge is -2.28. The van der Waals surface area contributed by atoms with E-state index in [4.69, 9.17) is 22.9 Å². The number of unbranched alkanes of at least 4 members (excludes halogenated alkanes) is 3. The molecule has 1 aliphatic rings. The molecule has 0 bridgehead atoms. The van der Waals surface area contributed by atoms with Crippen LogP contribution in [0.2, 0.25) is 0 Å². The van der Waals surface area contributed by atoms with Crippen LogP contribution in [0.1, 0.15) is 110 Å². The quantitative estimate of drug-likeness (QED) is 0.0169. The number of amides is 10. The van der Waals surface area contributed by atoms with Gasteiger partial charge in [0.2, 0.25) is 59.1 Å². The van der Waals surface area contributed by atoms with Gasteiger partial charge in [-0.15, -0.1) is 0 Å². The van der Waals surface area contributed by atoms with E-state index in [0.717, 1.165) is 19.3 Å². The number of aliphatic hydroxyl groups excluding tert-OH is 2. The fraction of sp³-hybridized carbons (Fsp3) is 0.604. The van der Waals surface area contributed by atoms with E-state index in [9.17, 15) is 68.1 Å². The molecule has 0 radical (unpaired) electrons. The Morgan fingerprint density at radius 2 is 1.29 bits per heavy atom. The molecule has 19 N–H and O–H groups in total. The highest BCUT2D eigenvalue weighted by Crippen LogP contribution is 2.19. The Morgan fingerprint density at radius 1 is 0.695 bits per heavy atom. The van der Waals surface area contributed by atoms with E-state index in [1.54, 1.807) is 42.5 Å². The number of nitrogens with one attached hydrogen (secondary N) is 8. The minimum atomic E-state index is -1.72. The standard InChI is InChI=1S/C53H85N15O14/c1-4-5-7-17-35(70)18-12-25-58-24-11-10-19-37(66-47(76)36(63-42(72)29-54)20-13-26-59-53(56)57)48(77)67-45(33(3)69)50(79)61-31-43(73)64-38(22-23-41(55)71)46(75)62-32(2)51(80)68-27-14-21-40(68)49(78)60-30-44(74)65-39(52(81)82)28-34-15-8-6-9-16-34/h6,8-9,12,15-16,18,25,32-33,35-40,45,69-70H,4-5,7,10-11,13-14,17,19-24,26-31,54H2,1-3H3,(H2,55,71)(H,60,78)(H,61,79)(H,62,75)(H,63,72)(H,64,73)(H,65,74)(H,66,76)(H,67,77)(H,81,82)(H4,56,57,59)/b18-12+,58-25?/t32-,33+,35?,36-,37-,38-,39-,40-,45-/m0/s1. The van der Waals surface area contributed by atoms with Gasteiger partial charge >= 0.3 is 5.97 Å². The van der Waals surface area contributed by atoms with Crippen molar-refractivity contribution in [3.8, 4) is 0 Å². The number of primary amides is 1. The maximum absolute atomic E-state index is 13.9. The van der Waals surface area contributed by atoms with Crippen LogP contribution in [0, 0.1) is 0 Å². The van der Waals surface area contributed by atoms with Crippen molar-refractivity contribution in [3.63, 3.8) is 0 Å². The number of carboxylic acids is 1. The molecule has 0 aromatic heterocycles. The number of benzene rings is 1. The van der Waals surface area contributed by atoms with Crippen molar-refractivity contribution in [2.75, 3.05) is 39.3 Å². The van der Waals surface area contributed by atoms with Crippen molar-refractivity contribution in [1.29, 1.82) is 0 Å². The summed E-state index contributed by atoms with van der Waals surface area (Å²) in [7, 11) is 0. The van der Waals surface area contributed by atoms with Crippen LogP contribution in [-0.2, 0) is 59.2 Å². The highest BCUT2D eigenvalue weighted by atomic mass is 16.4. The summed E-state index contributed by atoms with van der Waals surface area (Å²) in [6.07, 6.45) is 6.95. The molecule has 456 valence electrons. The van der Waals surface area contributed by atoms with Gasteiger partial charge < -0.3 is 85.7 Å². The third kappa shape index (κ3) is 27.9. The van der Waals surface area contributed by atoms with Crippen molar-refractivity contribution >= 4 is 77.2 Å². The molecule has 29 nitrogen and oxygen atoms in total. The zero-order chi connectivity index (χ0) is 61.1. The molecule has 0 saturated carbocycles. The van der Waals surface area contributed by atoms with Crippen LogP contribution in [0.5, 0.6) is 0 Å². The molecule has 82 heavy (non-hydrogen) atoms. The second kappa shape index (κ2) is 38.6. The lowest BCUT2D eigenvalue weighted by molar-refractivity contribution is -0.142. The molecular weight excluding hydrogens is 1070 g/mol. The molecule has 1 unspecified atom stereocenters. The first kappa shape index (κ1) is 70.1. The molecule has 1 heterocycles. The van der Waals surface area contributed by atoms with Crippen LogP contribution >= 0.6 is 0 Å². The van der Waals surface area contributed by atoms with Crippen molar-refractivity contribution in [2.24, 2.45) is 32.9 Å². The molecule has 1 aromatic carbocycles. The first-order chi connectivity index (χ1) is 39.0. The Bertz CT molecular complexity index is 2370. The Kier molecular flexibility index (Phi) is 33.0. The van der Waals surface area contributed by atoms with E-state index in [0.29, 0.717) is 37.8 Å². The number of nitrogens with two attached hydrogens (primary N) is 4. The number of aliphatic hydroxyl groups is 2. The van der Waals surface area contributed by atoms with Gasteiger partial charge in [-0.2, -0.15) is 0 Å². The van der Waals surface area contributed by atoms with Crippen molar-refractivity contribution < 1.29 is 68.1 Å². The monoisotopic (exact) mass is 1160 g/mol. The van der Waals surface area contributed by atoms with Crippen LogP contribution < -0.4 is 65.5 Å². The van der Waals surface area contributed by atoms with Gasteiger partial charge in [-0.25, -0.2) is 4.79 Å². The second-order valence-corrected chi connectivity index (χ2v) is 19.7. The summed E-state index contributed by atoms with van der Waals surface area (Å²) in [6, 6.07) is -0.809. The average molecular weight is 1160 g/mol. The van der Waals surface area contributed by atoms with Gasteiger partial charge in [0.05, 0.1) is 31.8 Å². The van der Waals surface area contributed by atoms with Gasteiger partial charge in [-0.05, 0) is 83.3 Å². The van der Waals surface area contributed by atoms with Gasteiger partial charge in [0.1, 0.15) is 42.3 Å². The normalized spacial score (nSPS) is 16.0. The largest absolute Gasteiger partial charge is 0.480 e. The van der Waals surface area contributed by atoms with E-state index in [1.807, 2.05) is 0 Å². The van der Waals surface area contributed by atoms with E-state index >= 15 is 0 Å². The van der Waals surface area contributed by atoms with Crippen LogP contribution in [0.25, 0.3) is 0 Å². The number of rotatable bonds is 39. The fourth-order valence-electron chi connectivity index (χ4n) is 8.38. The predicted molar refractivity (Wildman–Crippen MR) is 301 cm³/mol. The third-order valence-corrected chi connectivity index (χ3v) is 12.8. The highest BCUT2D eigenvalue weighted by molar-refractivity contribution is 5.98. The van der Waals surface area contributed by atoms with Gasteiger partial charge in [0, 0.05) is 38.7 Å². The molecule has 1 aromatic rings. The lowest BCUT2D eigenvalue weighted by Crippen LogP contribution is -2.60. The van der Waals surface area contributed by atoms with Crippen molar-refractivity contribution in [1.82, 2.24) is 47.4 Å². The highest BCUT2D eigenvalue weighted by Gasteiger charge is 2.38. The zero-order valence-electron chi connectivity index (χ0n) is 46.9. The van der Waals surface area contributed by atoms with Gasteiger partial charge in [-0.1, -0.05) is 62.6 Å². The number of hydrogen-bond acceptors (Lipinski definition) is 16. The van der Waals surface area contributed by atoms with Gasteiger partial charge in [0.15, 0.2) is 5.96 Å². The molecule has 10 amide bonds. The number of carbonyl (C=O) groups is 11. The third-order valence-electron chi connectivity index (χ3n) is 12.8. The van der Waals surface area contributed by atoms with E-state index in [2.05, 4.69) is 59.4 Å². The van der Waals surface area contributed by atoms with Crippen LogP contribution in [0.3, 0.4) is 0 Å². The van der Waals surface area contributed by atoms with E-state index in [1.165, 1.54) is 25.0 Å². The minimum Gasteiger partial charge on any atom is -0.480 e. The van der Waals surface area contributed by atoms with Gasteiger partial charge in [-0.3, -0.25) is 57.9 Å². The van der Waals surface area contributed by atoms with Crippen molar-refractivity contribution in [3.05, 3.63) is 48.0 Å². The smallest absolute Gasteiger partial charge is 0.326 e. The molecule has 1 fully saturated rings. The Balaban J connectivity index is 2.14. The SMILES string of the molecule is CCCCCC(O)/C=C/C=NCCCC[C@H](NC(=O)[C@H](CCCN=C(N)N)NC(=O)CN)C(=O)N[C@H](C(=O)NCC(=O)N[C@@H](CCC(N)=O)C(=O)N[C@@H](C)C(=O)N1CCC[C@H]1C(=O)NCC(=O)N[C@@H](Cc1ccccc1)C(=O)O)[C@@H](C)O. The molecule has 0 spiro atoms. The number of aliphatic carboxylic acids is 1. The number of carbonyl (C=O) groups excluding carboxylic acids is 10. The lowest BCUT2D eigenvalue weighted by atomic mass is 10.0. The summed E-state index contributed by atoms with van der Waals surface area (Å²) >= 11 is 0. The summed E-state index contributed by atoms with van der Waals surface area (Å²) in [4.78, 5) is 153. The molecule has 29 heteroatoms. The zero-order valence-corrected chi connectivity index (χ0v) is 46.9. The molecular formula is C53H85N15O14. The fourth-order valence-corrected chi connectivity index (χ4v) is 8.38. The number of aliphatic imine (C=N–C) groups is 2. The first-order valence-electron chi connectivity index (χ1n) is 27.5. The summed E-state index contributed by atoms with van der Waals surface area (Å²) in [6.45, 7) is 3.21. The van der Waals surface area contributed by atoms with E-state index < -0.39 is 146 Å². The number of hydrogen-bond donors (Lipinski definition) is 15. The molecule has 2 rings (SSSR count). The van der Waals surface area contributed by atoms with E-state index in [-0.39, 0.29) is 57.6 Å². The minimum absolute atomic E-state index is 0.00806. The Hall–Kier alpha value is -8.05. The molecule has 1 saturated heterocycles. The molecule has 0 aliphatic carbocycles. The number of allylic oxidation sites excluding steroid dienone is 1. The number of nitrogens with zero attached hydrogens (tertiary/aromatic N) is 3. The molecule has 9 atom stereocenters. The number of carboxylic acid groups (broad SMARTS) is 1. The number of guanidine groups is 1. The average Bonchev–Trinajstić information content (AvgIpc) is 4.04. The van der Waals surface area contributed by atoms with Crippen LogP contribution in [0.15, 0.2) is 52.5 Å². The summed E-state index contributed by atoms with van der Waals surface area (Å²) < 4.78 is 0. The van der Waals surface area contributed by atoms with Crippen LogP contribution in [0.4, 0.5) is 0 Å². The van der Waals surface area contributed by atoms with Crippen molar-refractivity contribution in [2.45, 2.75) is 165 Å². The maximum Gasteiger partial charge on any atom is 0.326 e. The summed E-state index contributed by atoms with van der Waals surface area (Å²) in [5.74, 6) is -9.88. The topological polar surface area (TPSA) is 477 Å². The summed E-state index contributed by atoms with van der Waals surface area (Å²) in [5, 5.41) is 49.9. The predicted octanol–water partition coefficient (Wildman–Crippen LogP) is -4.14. The maximum atomic E-state index is 13.9. The summed E-state index contributed by atoms with van der Waals surface area (Å²) in [5.41, 5.74) is 22.3. The first-order valence-corrected chi connectivity index (χ1v) is 27.5. The number of likely N-dealkylation sites (tertiary alicyclic amines) is 1. The molecule has 1 aliphatic heterocycles. The Labute approximate surface area is 476 Å². The Morgan fingerprint density at radius 3 is 1.93 bits per heavy atom. The second-order valence-electron chi connectivity index (χ2n) is 19.7. The van der Waals surface area contributed by atoms with Gasteiger partial charge in [0.25, 0.3) is 0 Å². The van der Waals surface area contributed by atoms with Crippen LogP contribution in [-0.4, -0.2) is 191 Å².